The smallest absolute Gasteiger partial charge is 0.145 e. The van der Waals surface area contributed by atoms with E-state index < -0.39 is 0 Å². The molecule has 3 aromatic rings. The van der Waals surface area contributed by atoms with Gasteiger partial charge >= 0.3 is 0 Å². The number of anilines is 1. The number of H-pyrrole nitrogens is 1. The minimum atomic E-state index is 0.454. The van der Waals surface area contributed by atoms with Crippen LogP contribution in [0.25, 0.3) is 22.0 Å². The molecule has 0 aliphatic carbocycles. The van der Waals surface area contributed by atoms with E-state index in [-0.39, 0.29) is 0 Å². The number of hydrogen-bond donors (Lipinski definition) is 2. The molecule has 1 heterocycles. The first-order valence-corrected chi connectivity index (χ1v) is 7.37. The van der Waals surface area contributed by atoms with Crippen molar-refractivity contribution in [3.63, 3.8) is 0 Å². The van der Waals surface area contributed by atoms with E-state index in [9.17, 15) is 0 Å². The largest absolute Gasteiger partial charge is 0.493 e. The summed E-state index contributed by atoms with van der Waals surface area (Å²) in [6.45, 7) is 5.10. The predicted octanol–water partition coefficient (Wildman–Crippen LogP) is 3.61. The molecule has 0 saturated heterocycles. The topological polar surface area (TPSA) is 73.2 Å². The summed E-state index contributed by atoms with van der Waals surface area (Å²) in [4.78, 5) is 0. The highest BCUT2D eigenvalue weighted by atomic mass is 16.5. The molecular weight excluding hydrogens is 278 g/mol. The summed E-state index contributed by atoms with van der Waals surface area (Å²) in [6.07, 6.45) is 0. The van der Waals surface area contributed by atoms with Crippen molar-refractivity contribution in [3.8, 4) is 22.8 Å². The maximum Gasteiger partial charge on any atom is 0.145 e. The summed E-state index contributed by atoms with van der Waals surface area (Å²) in [5, 5.41) is 9.07. The molecule has 0 radical (unpaired) electrons. The number of aromatic nitrogens is 2. The van der Waals surface area contributed by atoms with E-state index in [2.05, 4.69) is 10.2 Å². The molecule has 2 aromatic carbocycles. The molecule has 114 valence electrons. The average molecular weight is 297 g/mol. The Balaban J connectivity index is 2.32. The zero-order valence-corrected chi connectivity index (χ0v) is 12.7. The van der Waals surface area contributed by atoms with Gasteiger partial charge in [0.15, 0.2) is 0 Å². The third kappa shape index (κ3) is 2.45. The molecule has 5 heteroatoms. The number of aromatic amines is 1. The van der Waals surface area contributed by atoms with Crippen molar-refractivity contribution in [3.05, 3.63) is 36.4 Å². The molecule has 0 fully saturated rings. The number of nitrogen functional groups attached to an aromatic ring is 1. The number of nitrogens with one attached hydrogen (secondary N) is 1. The number of rotatable bonds is 5. The molecule has 1 aromatic heterocycles. The second-order valence-electron chi connectivity index (χ2n) is 4.87. The second kappa shape index (κ2) is 5.97. The summed E-state index contributed by atoms with van der Waals surface area (Å²) in [6, 6.07) is 11.8. The molecule has 3 N–H and O–H groups in total. The molecule has 0 amide bonds. The molecule has 0 saturated carbocycles. The Morgan fingerprint density at radius 2 is 1.68 bits per heavy atom. The van der Waals surface area contributed by atoms with Crippen molar-refractivity contribution < 1.29 is 9.47 Å². The van der Waals surface area contributed by atoms with Gasteiger partial charge in [-0.05, 0) is 19.2 Å². The van der Waals surface area contributed by atoms with E-state index in [1.165, 1.54) is 0 Å². The van der Waals surface area contributed by atoms with Gasteiger partial charge in [0, 0.05) is 23.1 Å². The summed E-state index contributed by atoms with van der Waals surface area (Å²) in [5.74, 6) is 2.03. The number of fused-ring (bicyclic) bond motifs is 1. The number of benzene rings is 2. The minimum absolute atomic E-state index is 0.454. The Hall–Kier alpha value is -2.69. The van der Waals surface area contributed by atoms with E-state index in [4.69, 9.17) is 15.2 Å². The van der Waals surface area contributed by atoms with Gasteiger partial charge in [0.25, 0.3) is 0 Å². The van der Waals surface area contributed by atoms with Crippen LogP contribution in [-0.2, 0) is 0 Å². The quantitative estimate of drug-likeness (QED) is 0.754. The van der Waals surface area contributed by atoms with Crippen LogP contribution >= 0.6 is 0 Å². The second-order valence-corrected chi connectivity index (χ2v) is 4.87. The summed E-state index contributed by atoms with van der Waals surface area (Å²) in [5.41, 5.74) is 7.54. The number of ether oxygens (including phenoxy) is 2. The van der Waals surface area contributed by atoms with E-state index in [1.54, 1.807) is 0 Å². The van der Waals surface area contributed by atoms with Crippen LogP contribution in [0.1, 0.15) is 13.8 Å². The predicted molar refractivity (Wildman–Crippen MR) is 88.3 cm³/mol. The molecule has 22 heavy (non-hydrogen) atoms. The van der Waals surface area contributed by atoms with Crippen LogP contribution < -0.4 is 15.2 Å². The first-order chi connectivity index (χ1) is 10.7. The van der Waals surface area contributed by atoms with Gasteiger partial charge in [-0.25, -0.2) is 0 Å². The van der Waals surface area contributed by atoms with Crippen LogP contribution in [0, 0.1) is 0 Å². The van der Waals surface area contributed by atoms with Gasteiger partial charge in [-0.2, -0.15) is 5.10 Å². The molecule has 3 rings (SSSR count). The van der Waals surface area contributed by atoms with E-state index >= 15 is 0 Å². The lowest BCUT2D eigenvalue weighted by atomic mass is 10.00. The fourth-order valence-electron chi connectivity index (χ4n) is 2.61. The van der Waals surface area contributed by atoms with Crippen LogP contribution in [-0.4, -0.2) is 23.4 Å². The normalized spacial score (nSPS) is 10.8. The van der Waals surface area contributed by atoms with Gasteiger partial charge in [-0.3, -0.25) is 5.10 Å². The van der Waals surface area contributed by atoms with E-state index in [0.717, 1.165) is 33.5 Å². The zero-order valence-electron chi connectivity index (χ0n) is 12.7. The summed E-state index contributed by atoms with van der Waals surface area (Å²) < 4.78 is 11.6. The first kappa shape index (κ1) is 14.3. The monoisotopic (exact) mass is 297 g/mol. The van der Waals surface area contributed by atoms with Gasteiger partial charge in [-0.15, -0.1) is 0 Å². The van der Waals surface area contributed by atoms with Crippen LogP contribution in [0.5, 0.6) is 11.5 Å². The van der Waals surface area contributed by atoms with E-state index in [0.29, 0.717) is 19.0 Å². The zero-order chi connectivity index (χ0) is 15.5. The standard InChI is InChI=1S/C17H19N3O2/c1-3-21-14-10-15(22-4-2)17(13-9-16(18)20-19-13)12-8-6-5-7-11(12)14/h5-10H,3-4H2,1-2H3,(H3,18,19,20). The minimum Gasteiger partial charge on any atom is -0.493 e. The van der Waals surface area contributed by atoms with Crippen LogP contribution in [0.3, 0.4) is 0 Å². The van der Waals surface area contributed by atoms with Crippen LogP contribution in [0.2, 0.25) is 0 Å². The van der Waals surface area contributed by atoms with Gasteiger partial charge in [0.05, 0.1) is 18.9 Å². The molecule has 0 atom stereocenters. The third-order valence-corrected chi connectivity index (χ3v) is 3.44. The van der Waals surface area contributed by atoms with Crippen molar-refractivity contribution >= 4 is 16.6 Å². The summed E-state index contributed by atoms with van der Waals surface area (Å²) >= 11 is 0. The highest BCUT2D eigenvalue weighted by Gasteiger charge is 2.17. The van der Waals surface area contributed by atoms with E-state index in [1.807, 2.05) is 50.2 Å². The Morgan fingerprint density at radius 1 is 1.00 bits per heavy atom. The number of nitrogens with zero attached hydrogens (tertiary/aromatic N) is 1. The van der Waals surface area contributed by atoms with Crippen molar-refractivity contribution in [2.24, 2.45) is 0 Å². The Labute approximate surface area is 129 Å². The van der Waals surface area contributed by atoms with Crippen molar-refractivity contribution in [1.82, 2.24) is 10.2 Å². The average Bonchev–Trinajstić information content (AvgIpc) is 2.94. The highest BCUT2D eigenvalue weighted by Crippen LogP contribution is 2.41. The maximum atomic E-state index is 5.83. The van der Waals surface area contributed by atoms with Gasteiger partial charge in [0.2, 0.25) is 0 Å². The Kier molecular flexibility index (Phi) is 3.87. The van der Waals surface area contributed by atoms with Crippen molar-refractivity contribution in [1.29, 1.82) is 0 Å². The molecule has 0 unspecified atom stereocenters. The molecule has 5 nitrogen and oxygen atoms in total. The fourth-order valence-corrected chi connectivity index (χ4v) is 2.61. The molecule has 0 aliphatic heterocycles. The van der Waals surface area contributed by atoms with Gasteiger partial charge in [-0.1, -0.05) is 24.3 Å². The van der Waals surface area contributed by atoms with Crippen molar-refractivity contribution in [2.75, 3.05) is 18.9 Å². The fraction of sp³-hybridized carbons (Fsp3) is 0.235. The first-order valence-electron chi connectivity index (χ1n) is 7.37. The molecular formula is C17H19N3O2. The summed E-state index contributed by atoms with van der Waals surface area (Å²) in [7, 11) is 0. The Morgan fingerprint density at radius 3 is 2.32 bits per heavy atom. The van der Waals surface area contributed by atoms with Crippen molar-refractivity contribution in [2.45, 2.75) is 13.8 Å². The third-order valence-electron chi connectivity index (χ3n) is 3.44. The lowest BCUT2D eigenvalue weighted by Gasteiger charge is -2.16. The maximum absolute atomic E-state index is 5.83. The molecule has 0 bridgehead atoms. The van der Waals surface area contributed by atoms with Gasteiger partial charge in [0.1, 0.15) is 17.3 Å². The SMILES string of the molecule is CCOc1cc(OCC)c2ccccc2c1-c1cc(N)n[nH]1. The molecule has 0 spiro atoms. The lowest BCUT2D eigenvalue weighted by molar-refractivity contribution is 0.327. The van der Waals surface area contributed by atoms with Crippen LogP contribution in [0.15, 0.2) is 36.4 Å². The lowest BCUT2D eigenvalue weighted by Crippen LogP contribution is -1.99. The number of hydrogen-bond acceptors (Lipinski definition) is 4. The Bertz CT molecular complexity index is 796. The van der Waals surface area contributed by atoms with Crippen LogP contribution in [0.4, 0.5) is 5.82 Å². The number of nitrogens with two attached hydrogens (primary N) is 1. The highest BCUT2D eigenvalue weighted by molar-refractivity contribution is 6.02. The molecule has 0 aliphatic rings. The van der Waals surface area contributed by atoms with Gasteiger partial charge < -0.3 is 15.2 Å².